The Hall–Kier alpha value is -1.10. The second-order valence-electron chi connectivity index (χ2n) is 13.9. The molecular formula is C30H48O4Si. The van der Waals surface area contributed by atoms with E-state index in [1.54, 1.807) is 6.92 Å². The van der Waals surface area contributed by atoms with Gasteiger partial charge in [0.2, 0.25) is 0 Å². The largest absolute Gasteiger partial charge is 0.546 e. The first-order valence-corrected chi connectivity index (χ1v) is 16.6. The summed E-state index contributed by atoms with van der Waals surface area (Å²) in [6, 6.07) is 0. The van der Waals surface area contributed by atoms with E-state index in [1.807, 2.05) is 0 Å². The second kappa shape index (κ2) is 8.46. The van der Waals surface area contributed by atoms with Crippen LogP contribution >= 0.6 is 0 Å². The Morgan fingerprint density at radius 3 is 2.26 bits per heavy atom. The highest BCUT2D eigenvalue weighted by Gasteiger charge is 2.77. The molecular weight excluding hydrogens is 452 g/mol. The minimum atomic E-state index is -2.02. The Morgan fingerprint density at radius 2 is 1.66 bits per heavy atom. The second-order valence-corrected chi connectivity index (χ2v) is 19.3. The molecule has 5 aliphatic carbocycles. The zero-order valence-electron chi connectivity index (χ0n) is 23.4. The minimum absolute atomic E-state index is 0.00595. The molecule has 0 bridgehead atoms. The van der Waals surface area contributed by atoms with Gasteiger partial charge in [-0.25, -0.2) is 0 Å². The number of carbonyl (C=O) groups is 2. The van der Waals surface area contributed by atoms with Crippen LogP contribution in [-0.4, -0.2) is 26.2 Å². The predicted octanol–water partition coefficient (Wildman–Crippen LogP) is 7.44. The van der Waals surface area contributed by atoms with E-state index in [2.05, 4.69) is 54.5 Å². The highest BCUT2D eigenvalue weighted by molar-refractivity contribution is 6.77. The van der Waals surface area contributed by atoms with Crippen LogP contribution < -0.4 is 0 Å². The van der Waals surface area contributed by atoms with Crippen LogP contribution in [-0.2, 0) is 18.8 Å². The molecule has 5 heteroatoms. The van der Waals surface area contributed by atoms with E-state index >= 15 is 0 Å². The fourth-order valence-electron chi connectivity index (χ4n) is 10.4. The Bertz CT molecular complexity index is 900. The predicted molar refractivity (Wildman–Crippen MR) is 141 cm³/mol. The van der Waals surface area contributed by atoms with Gasteiger partial charge in [-0.15, -0.1) is 0 Å². The maximum Gasteiger partial charge on any atom is 0.302 e. The summed E-state index contributed by atoms with van der Waals surface area (Å²) in [6.45, 7) is 17.9. The third-order valence-corrected chi connectivity index (χ3v) is 17.8. The summed E-state index contributed by atoms with van der Waals surface area (Å²) >= 11 is 0. The lowest BCUT2D eigenvalue weighted by atomic mass is 9.49. The van der Waals surface area contributed by atoms with Crippen LogP contribution in [0, 0.1) is 40.4 Å². The molecule has 8 atom stereocenters. The van der Waals surface area contributed by atoms with Crippen LogP contribution in [0.1, 0.15) is 100 Å². The fraction of sp³-hybridized carbons (Fsp3) is 0.867. The summed E-state index contributed by atoms with van der Waals surface area (Å²) in [4.78, 5) is 25.0. The number of esters is 1. The number of ether oxygens (including phenoxy) is 1. The van der Waals surface area contributed by atoms with E-state index in [-0.39, 0.29) is 28.8 Å². The monoisotopic (exact) mass is 500 g/mol. The number of fused-ring (bicyclic) bond motifs is 3. The van der Waals surface area contributed by atoms with Crippen LogP contribution in [0.2, 0.25) is 16.6 Å². The van der Waals surface area contributed by atoms with Gasteiger partial charge in [0, 0.05) is 36.5 Å². The molecule has 0 aromatic heterocycles. The van der Waals surface area contributed by atoms with Crippen molar-refractivity contribution in [3.05, 3.63) is 11.8 Å². The van der Waals surface area contributed by atoms with Crippen LogP contribution in [0.5, 0.6) is 0 Å². The van der Waals surface area contributed by atoms with Gasteiger partial charge >= 0.3 is 5.97 Å². The van der Waals surface area contributed by atoms with Crippen molar-refractivity contribution in [2.75, 3.05) is 0 Å². The molecule has 0 aromatic rings. The molecule has 35 heavy (non-hydrogen) atoms. The molecule has 196 valence electrons. The van der Waals surface area contributed by atoms with Gasteiger partial charge in [0.15, 0.2) is 0 Å². The van der Waals surface area contributed by atoms with Crippen LogP contribution in [0.25, 0.3) is 0 Å². The fourth-order valence-corrected chi connectivity index (χ4v) is 15.8. The number of carbonyl (C=O) groups excluding carboxylic acids is 2. The lowest BCUT2D eigenvalue weighted by Gasteiger charge is -2.55. The SMILES string of the molecule is CC(=O)OC1[C@@H]2C=C(O[Si](C(C)C)(C(C)C)C(C)C)C[C@@H]3CC[C@@H]4[C@H](CC[C@]5(C)C(=O)CC[C@@H]45)[C@]132. The molecule has 1 unspecified atom stereocenters. The van der Waals surface area contributed by atoms with Crippen molar-refractivity contribution >= 4 is 20.1 Å². The lowest BCUT2D eigenvalue weighted by Crippen LogP contribution is -2.51. The molecule has 0 aromatic carbocycles. The maximum absolute atomic E-state index is 12.8. The van der Waals surface area contributed by atoms with E-state index < -0.39 is 8.32 Å². The van der Waals surface area contributed by atoms with E-state index in [9.17, 15) is 9.59 Å². The van der Waals surface area contributed by atoms with Gasteiger partial charge in [0.25, 0.3) is 8.32 Å². The van der Waals surface area contributed by atoms with Gasteiger partial charge in [-0.3, -0.25) is 9.59 Å². The summed E-state index contributed by atoms with van der Waals surface area (Å²) < 4.78 is 13.3. The van der Waals surface area contributed by atoms with Crippen LogP contribution in [0.15, 0.2) is 11.8 Å². The number of hydrogen-bond donors (Lipinski definition) is 0. The summed E-state index contributed by atoms with van der Waals surface area (Å²) in [7, 11) is -2.02. The molecule has 0 aliphatic heterocycles. The van der Waals surface area contributed by atoms with E-state index in [0.717, 1.165) is 32.1 Å². The molecule has 4 nitrogen and oxygen atoms in total. The van der Waals surface area contributed by atoms with Crippen LogP contribution in [0.4, 0.5) is 0 Å². The standard InChI is InChI=1S/C30H48O4Si/c1-17(2)35(18(3)4,19(5)6)34-22-15-21-9-10-23-24-11-12-27(32)29(24,8)14-13-25(23)30(21)26(16-22)28(30)33-20(7)31/h16-19,21,23-26,28H,9-15H2,1-8H3/t21-,23-,24-,25-,26-,28?,29-,30+/m0/s1. The normalized spacial score (nSPS) is 42.3. The highest BCUT2D eigenvalue weighted by atomic mass is 28.4. The van der Waals surface area contributed by atoms with Crippen molar-refractivity contribution in [1.29, 1.82) is 0 Å². The number of allylic oxidation sites excluding steroid dienone is 1. The summed E-state index contributed by atoms with van der Waals surface area (Å²) in [6.07, 6.45) is 9.76. The van der Waals surface area contributed by atoms with Crippen molar-refractivity contribution in [2.45, 2.75) is 123 Å². The molecule has 0 N–H and O–H groups in total. The smallest absolute Gasteiger partial charge is 0.302 e. The van der Waals surface area contributed by atoms with Gasteiger partial charge < -0.3 is 9.16 Å². The van der Waals surface area contributed by atoms with Gasteiger partial charge in [0.05, 0.1) is 5.76 Å². The quantitative estimate of drug-likeness (QED) is 0.281. The van der Waals surface area contributed by atoms with Crippen molar-refractivity contribution in [3.63, 3.8) is 0 Å². The first-order valence-electron chi connectivity index (χ1n) is 14.5. The molecule has 0 amide bonds. The topological polar surface area (TPSA) is 52.6 Å². The summed E-state index contributed by atoms with van der Waals surface area (Å²) in [5.41, 5.74) is 1.61. The first kappa shape index (κ1) is 25.5. The molecule has 1 spiro atoms. The van der Waals surface area contributed by atoms with Gasteiger partial charge in [0.1, 0.15) is 11.9 Å². The number of hydrogen-bond acceptors (Lipinski definition) is 4. The van der Waals surface area contributed by atoms with E-state index in [4.69, 9.17) is 9.16 Å². The molecule has 0 radical (unpaired) electrons. The number of ketones is 1. The molecule has 5 aliphatic rings. The molecule has 0 saturated heterocycles. The highest BCUT2D eigenvalue weighted by Crippen LogP contribution is 2.76. The van der Waals surface area contributed by atoms with E-state index in [0.29, 0.717) is 46.1 Å². The van der Waals surface area contributed by atoms with Gasteiger partial charge in [-0.1, -0.05) is 48.5 Å². The van der Waals surface area contributed by atoms with Crippen molar-refractivity contribution in [2.24, 2.45) is 40.4 Å². The number of rotatable bonds is 6. The van der Waals surface area contributed by atoms with Crippen molar-refractivity contribution < 1.29 is 18.8 Å². The van der Waals surface area contributed by atoms with Crippen molar-refractivity contribution in [1.82, 2.24) is 0 Å². The Kier molecular flexibility index (Phi) is 6.17. The Morgan fingerprint density at radius 1 is 1.00 bits per heavy atom. The van der Waals surface area contributed by atoms with Crippen molar-refractivity contribution in [3.8, 4) is 0 Å². The molecule has 5 rings (SSSR count). The Balaban J connectivity index is 1.49. The first-order chi connectivity index (χ1) is 16.4. The van der Waals surface area contributed by atoms with Gasteiger partial charge in [-0.05, 0) is 78.5 Å². The average molecular weight is 501 g/mol. The van der Waals surface area contributed by atoms with E-state index in [1.165, 1.54) is 18.6 Å². The zero-order valence-corrected chi connectivity index (χ0v) is 24.4. The maximum atomic E-state index is 12.8. The molecule has 4 saturated carbocycles. The summed E-state index contributed by atoms with van der Waals surface area (Å²) in [5.74, 6) is 4.05. The zero-order chi connectivity index (χ0) is 25.5. The Labute approximate surface area is 214 Å². The third kappa shape index (κ3) is 3.41. The average Bonchev–Trinajstić information content (AvgIpc) is 3.27. The minimum Gasteiger partial charge on any atom is -0.546 e. The summed E-state index contributed by atoms with van der Waals surface area (Å²) in [5, 5.41) is 0. The van der Waals surface area contributed by atoms with Gasteiger partial charge in [-0.2, -0.15) is 0 Å². The third-order valence-electron chi connectivity index (χ3n) is 11.8. The molecule has 0 heterocycles. The number of Topliss-reactive ketones (excluding diaryl/α,β-unsaturated/α-hetero) is 1. The molecule has 4 fully saturated rings. The lowest BCUT2D eigenvalue weighted by molar-refractivity contribution is -0.147. The van der Waals surface area contributed by atoms with Crippen LogP contribution in [0.3, 0.4) is 0 Å².